The van der Waals surface area contributed by atoms with Gasteiger partial charge in [-0.3, -0.25) is 4.79 Å². The average Bonchev–Trinajstić information content (AvgIpc) is 3.23. The van der Waals surface area contributed by atoms with E-state index in [1.807, 2.05) is 74.7 Å². The first kappa shape index (κ1) is 29.8. The summed E-state index contributed by atoms with van der Waals surface area (Å²) in [4.78, 5) is 13.9. The van der Waals surface area contributed by atoms with Crippen LogP contribution in [0.4, 0.5) is 0 Å². The summed E-state index contributed by atoms with van der Waals surface area (Å²) in [7, 11) is 3.25. The van der Waals surface area contributed by atoms with E-state index in [2.05, 4.69) is 18.6 Å². The number of nitrogens with zero attached hydrogens (tertiary/aromatic N) is 1. The van der Waals surface area contributed by atoms with Gasteiger partial charge in [-0.05, 0) is 43.8 Å². The second-order valence-corrected chi connectivity index (χ2v) is 7.56. The van der Waals surface area contributed by atoms with Gasteiger partial charge >= 0.3 is 0 Å². The van der Waals surface area contributed by atoms with Gasteiger partial charge in [0.2, 0.25) is 6.41 Å². The number of allylic oxidation sites excluding steroid dienone is 3. The van der Waals surface area contributed by atoms with Crippen LogP contribution in [0.15, 0.2) is 65.6 Å². The average molecular weight is 434 g/mol. The summed E-state index contributed by atoms with van der Waals surface area (Å²) in [5, 5.41) is 10.9. The number of benzene rings is 1. The Hall–Kier alpha value is -2.37. The molecule has 168 valence electrons. The second kappa shape index (κ2) is 21.3. The predicted octanol–water partition coefficient (Wildman–Crippen LogP) is 6.61. The Morgan fingerprint density at radius 2 is 1.77 bits per heavy atom. The van der Waals surface area contributed by atoms with Crippen molar-refractivity contribution >= 4 is 17.7 Å². The number of methoxy groups -OCH3 is 1. The largest absolute Gasteiger partial charge is 0.508 e. The van der Waals surface area contributed by atoms with Crippen LogP contribution in [0.2, 0.25) is 0 Å². The van der Waals surface area contributed by atoms with Gasteiger partial charge in [-0.1, -0.05) is 68.3 Å². The number of amides is 1. The molecule has 0 spiro atoms. The fourth-order valence-electron chi connectivity index (χ4n) is 1.93. The highest BCUT2D eigenvalue weighted by molar-refractivity contribution is 7.09. The van der Waals surface area contributed by atoms with Gasteiger partial charge in [0.05, 0.1) is 6.54 Å². The van der Waals surface area contributed by atoms with Crippen LogP contribution in [0.5, 0.6) is 5.75 Å². The molecule has 2 aromatic rings. The highest BCUT2D eigenvalue weighted by atomic mass is 32.1. The number of aryl methyl sites for hydroxylation is 1. The molecule has 4 nitrogen and oxygen atoms in total. The van der Waals surface area contributed by atoms with Crippen molar-refractivity contribution in [2.75, 3.05) is 20.8 Å². The molecule has 1 heterocycles. The lowest BCUT2D eigenvalue weighted by Gasteiger charge is -2.16. The Kier molecular flexibility index (Phi) is 21.2. The summed E-state index contributed by atoms with van der Waals surface area (Å²) in [6.45, 7) is 11.5. The van der Waals surface area contributed by atoms with Gasteiger partial charge in [0.15, 0.2) is 0 Å². The van der Waals surface area contributed by atoms with Crippen LogP contribution < -0.4 is 0 Å². The summed E-state index contributed by atoms with van der Waals surface area (Å²) in [5.74, 6) is 0.368. The molecule has 5 heteroatoms. The molecule has 0 aliphatic carbocycles. The first-order valence-corrected chi connectivity index (χ1v) is 10.9. The lowest BCUT2D eigenvalue weighted by atomic mass is 10.2. The zero-order valence-corrected chi connectivity index (χ0v) is 20.4. The van der Waals surface area contributed by atoms with Crippen molar-refractivity contribution in [3.8, 4) is 5.75 Å². The molecule has 1 N–H and O–H groups in total. The SMILES string of the molecule is C/C=C\C=C(/C)CN(C=O)Cc1cccs1.CCC.COC.Cc1ccccc1O. The summed E-state index contributed by atoms with van der Waals surface area (Å²) in [6.07, 6.45) is 8.16. The van der Waals surface area contributed by atoms with E-state index in [1.165, 1.54) is 16.9 Å². The number of para-hydroxylation sites is 1. The van der Waals surface area contributed by atoms with E-state index in [-0.39, 0.29) is 0 Å². The van der Waals surface area contributed by atoms with E-state index in [0.717, 1.165) is 12.0 Å². The number of phenols is 1. The molecule has 2 rings (SSSR count). The Labute approximate surface area is 187 Å². The van der Waals surface area contributed by atoms with Crippen LogP contribution >= 0.6 is 11.3 Å². The van der Waals surface area contributed by atoms with Gasteiger partial charge in [0, 0.05) is 25.6 Å². The summed E-state index contributed by atoms with van der Waals surface area (Å²) in [5.41, 5.74) is 2.11. The Bertz CT molecular complexity index is 671. The number of ether oxygens (including phenoxy) is 1. The summed E-state index contributed by atoms with van der Waals surface area (Å²) in [6, 6.07) is 11.3. The van der Waals surface area contributed by atoms with Gasteiger partial charge in [0.25, 0.3) is 0 Å². The number of aromatic hydroxyl groups is 1. The minimum Gasteiger partial charge on any atom is -0.508 e. The molecule has 0 saturated carbocycles. The summed E-state index contributed by atoms with van der Waals surface area (Å²) < 4.78 is 4.25. The minimum absolute atomic E-state index is 0.368. The van der Waals surface area contributed by atoms with E-state index in [1.54, 1.807) is 36.5 Å². The molecule has 0 bridgehead atoms. The van der Waals surface area contributed by atoms with Crippen molar-refractivity contribution in [1.29, 1.82) is 0 Å². The Balaban J connectivity index is 0. The van der Waals surface area contributed by atoms with Gasteiger partial charge < -0.3 is 14.7 Å². The first-order valence-electron chi connectivity index (χ1n) is 10.0. The first-order chi connectivity index (χ1) is 14.4. The third kappa shape index (κ3) is 17.7. The molecule has 1 aromatic heterocycles. The maximum absolute atomic E-state index is 10.9. The molecular weight excluding hydrogens is 394 g/mol. The van der Waals surface area contributed by atoms with E-state index >= 15 is 0 Å². The van der Waals surface area contributed by atoms with E-state index in [4.69, 9.17) is 5.11 Å². The van der Waals surface area contributed by atoms with Crippen LogP contribution in [-0.2, 0) is 16.1 Å². The highest BCUT2D eigenvalue weighted by Gasteiger charge is 2.03. The topological polar surface area (TPSA) is 49.8 Å². The number of carbonyl (C=O) groups excluding carboxylic acids is 1. The molecule has 30 heavy (non-hydrogen) atoms. The lowest BCUT2D eigenvalue weighted by molar-refractivity contribution is -0.118. The molecule has 0 unspecified atom stereocenters. The van der Waals surface area contributed by atoms with Crippen molar-refractivity contribution in [3.05, 3.63) is 76.0 Å². The maximum Gasteiger partial charge on any atom is 0.210 e. The van der Waals surface area contributed by atoms with E-state index in [0.29, 0.717) is 18.8 Å². The van der Waals surface area contributed by atoms with Gasteiger partial charge in [-0.25, -0.2) is 0 Å². The van der Waals surface area contributed by atoms with E-state index < -0.39 is 0 Å². The van der Waals surface area contributed by atoms with Crippen molar-refractivity contribution in [2.24, 2.45) is 0 Å². The molecular formula is C25H39NO3S. The lowest BCUT2D eigenvalue weighted by Crippen LogP contribution is -2.22. The number of thiophene rings is 1. The number of hydrogen-bond acceptors (Lipinski definition) is 4. The van der Waals surface area contributed by atoms with Crippen molar-refractivity contribution in [1.82, 2.24) is 4.90 Å². The Morgan fingerprint density at radius 3 is 2.17 bits per heavy atom. The number of hydrogen-bond donors (Lipinski definition) is 1. The summed E-state index contributed by atoms with van der Waals surface area (Å²) >= 11 is 1.68. The third-order valence-corrected chi connectivity index (χ3v) is 4.09. The van der Waals surface area contributed by atoms with Crippen molar-refractivity contribution in [3.63, 3.8) is 0 Å². The molecule has 0 aliphatic rings. The minimum atomic E-state index is 0.368. The predicted molar refractivity (Wildman–Crippen MR) is 131 cm³/mol. The molecule has 0 aliphatic heterocycles. The van der Waals surface area contributed by atoms with Crippen LogP contribution in [0, 0.1) is 6.92 Å². The second-order valence-electron chi connectivity index (χ2n) is 6.53. The Morgan fingerprint density at radius 1 is 1.17 bits per heavy atom. The molecule has 0 atom stereocenters. The standard InChI is InChI=1S/C13H17NOS.C7H8O.C3H8.C2H6O/c1-3-4-6-12(2)9-14(11-15)10-13-7-5-8-16-13;1-6-4-2-3-5-7(6)8;2*1-3-2/h3-8,11H,9-10H2,1-2H3;2-5,8H,1H3;3H2,1-2H3;1-2H3/b4-3-,12-6+;;;. The fraction of sp³-hybridized carbons (Fsp3) is 0.400. The molecule has 1 aromatic carbocycles. The molecule has 0 saturated heterocycles. The normalized spacial score (nSPS) is 10.0. The van der Waals surface area contributed by atoms with E-state index in [9.17, 15) is 4.79 Å². The number of carbonyl (C=O) groups is 1. The third-order valence-electron chi connectivity index (χ3n) is 3.23. The molecule has 0 radical (unpaired) electrons. The zero-order chi connectivity index (χ0) is 23.2. The maximum atomic E-state index is 10.9. The van der Waals surface area contributed by atoms with Crippen LogP contribution in [-0.4, -0.2) is 37.2 Å². The molecule has 1 amide bonds. The highest BCUT2D eigenvalue weighted by Crippen LogP contribution is 2.12. The smallest absolute Gasteiger partial charge is 0.210 e. The van der Waals surface area contributed by atoms with Crippen molar-refractivity contribution in [2.45, 2.75) is 47.6 Å². The van der Waals surface area contributed by atoms with Crippen LogP contribution in [0.3, 0.4) is 0 Å². The molecule has 0 fully saturated rings. The van der Waals surface area contributed by atoms with Crippen molar-refractivity contribution < 1.29 is 14.6 Å². The number of rotatable bonds is 6. The van der Waals surface area contributed by atoms with Gasteiger partial charge in [-0.2, -0.15) is 0 Å². The van der Waals surface area contributed by atoms with Gasteiger partial charge in [0.1, 0.15) is 5.75 Å². The van der Waals surface area contributed by atoms with Crippen LogP contribution in [0.25, 0.3) is 0 Å². The van der Waals surface area contributed by atoms with Gasteiger partial charge in [-0.15, -0.1) is 11.3 Å². The quantitative estimate of drug-likeness (QED) is 0.412. The number of phenolic OH excluding ortho intramolecular Hbond substituents is 1. The van der Waals surface area contributed by atoms with Crippen LogP contribution in [0.1, 0.15) is 44.6 Å². The zero-order valence-electron chi connectivity index (χ0n) is 19.6. The monoisotopic (exact) mass is 433 g/mol. The fourth-order valence-corrected chi connectivity index (χ4v) is 2.66.